The van der Waals surface area contributed by atoms with Gasteiger partial charge in [0.05, 0.1) is 24.4 Å². The Morgan fingerprint density at radius 2 is 2.07 bits per heavy atom. The summed E-state index contributed by atoms with van der Waals surface area (Å²) >= 11 is 0. The van der Waals surface area contributed by atoms with Crippen molar-refractivity contribution >= 4 is 5.91 Å². The minimum absolute atomic E-state index is 0.171. The van der Waals surface area contributed by atoms with E-state index in [9.17, 15) is 9.59 Å². The monoisotopic (exact) mass is 377 g/mol. The molecule has 0 aliphatic carbocycles. The van der Waals surface area contributed by atoms with Gasteiger partial charge in [0.2, 0.25) is 5.88 Å². The molecule has 8 nitrogen and oxygen atoms in total. The highest BCUT2D eigenvalue weighted by molar-refractivity contribution is 5.92. The molecule has 1 atom stereocenters. The number of carbonyl (C=O) groups excluding carboxylic acids is 1. The summed E-state index contributed by atoms with van der Waals surface area (Å²) in [6.07, 6.45) is 4.75. The third kappa shape index (κ3) is 3.36. The van der Waals surface area contributed by atoms with E-state index in [1.807, 2.05) is 0 Å². The Hall–Kier alpha value is -3.55. The summed E-state index contributed by atoms with van der Waals surface area (Å²) in [4.78, 5) is 42.6. The van der Waals surface area contributed by atoms with E-state index in [0.29, 0.717) is 35.2 Å². The number of H-pyrrole nitrogens is 1. The number of carbonyl (C=O) groups is 1. The van der Waals surface area contributed by atoms with Gasteiger partial charge in [-0.1, -0.05) is 6.07 Å². The second-order valence-corrected chi connectivity index (χ2v) is 6.45. The molecule has 4 rings (SSSR count). The lowest BCUT2D eigenvalue weighted by Crippen LogP contribution is -2.33. The van der Waals surface area contributed by atoms with Crippen molar-refractivity contribution < 1.29 is 9.53 Å². The number of aromatic nitrogens is 4. The first-order valence-corrected chi connectivity index (χ1v) is 9.00. The Balaban J connectivity index is 1.72. The van der Waals surface area contributed by atoms with Crippen LogP contribution in [0.5, 0.6) is 5.88 Å². The maximum Gasteiger partial charge on any atom is 0.273 e. The van der Waals surface area contributed by atoms with E-state index in [1.165, 1.54) is 13.2 Å². The quantitative estimate of drug-likeness (QED) is 0.748. The lowest BCUT2D eigenvalue weighted by atomic mass is 10.1. The molecule has 1 saturated heterocycles. The Bertz CT molecular complexity index is 1050. The molecular weight excluding hydrogens is 358 g/mol. The van der Waals surface area contributed by atoms with Crippen LogP contribution in [0.25, 0.3) is 11.3 Å². The van der Waals surface area contributed by atoms with Gasteiger partial charge in [0.1, 0.15) is 11.5 Å². The highest BCUT2D eigenvalue weighted by atomic mass is 16.5. The molecule has 0 bridgehead atoms. The van der Waals surface area contributed by atoms with Crippen LogP contribution in [-0.2, 0) is 0 Å². The van der Waals surface area contributed by atoms with Gasteiger partial charge in [0.15, 0.2) is 0 Å². The summed E-state index contributed by atoms with van der Waals surface area (Å²) in [6, 6.07) is 9.87. The van der Waals surface area contributed by atoms with Crippen molar-refractivity contribution in [1.82, 2.24) is 24.8 Å². The van der Waals surface area contributed by atoms with E-state index in [-0.39, 0.29) is 17.5 Å². The van der Waals surface area contributed by atoms with E-state index in [2.05, 4.69) is 19.9 Å². The molecule has 4 heterocycles. The van der Waals surface area contributed by atoms with Crippen LogP contribution in [0, 0.1) is 0 Å². The molecule has 0 aromatic carbocycles. The van der Waals surface area contributed by atoms with Crippen LogP contribution in [0.4, 0.5) is 0 Å². The van der Waals surface area contributed by atoms with Gasteiger partial charge < -0.3 is 14.6 Å². The fraction of sp³-hybridized carbons (Fsp3) is 0.250. The molecule has 8 heteroatoms. The fourth-order valence-electron chi connectivity index (χ4n) is 3.45. The highest BCUT2D eigenvalue weighted by Gasteiger charge is 2.33. The minimum Gasteiger partial charge on any atom is -0.481 e. The van der Waals surface area contributed by atoms with Gasteiger partial charge in [0, 0.05) is 25.0 Å². The molecule has 3 aromatic rings. The van der Waals surface area contributed by atoms with E-state index in [4.69, 9.17) is 4.74 Å². The molecule has 142 valence electrons. The van der Waals surface area contributed by atoms with E-state index >= 15 is 0 Å². The Morgan fingerprint density at radius 1 is 1.21 bits per heavy atom. The zero-order valence-electron chi connectivity index (χ0n) is 15.3. The Kier molecular flexibility index (Phi) is 4.84. The number of aromatic amines is 1. The van der Waals surface area contributed by atoms with Crippen molar-refractivity contribution in [3.05, 3.63) is 70.7 Å². The molecule has 1 aliphatic heterocycles. The molecule has 1 aliphatic rings. The third-order valence-corrected chi connectivity index (χ3v) is 4.71. The largest absolute Gasteiger partial charge is 0.481 e. The smallest absolute Gasteiger partial charge is 0.273 e. The van der Waals surface area contributed by atoms with Gasteiger partial charge in [-0.25, -0.2) is 9.97 Å². The summed E-state index contributed by atoms with van der Waals surface area (Å²) in [5.41, 5.74) is 1.17. The first-order valence-electron chi connectivity index (χ1n) is 9.00. The summed E-state index contributed by atoms with van der Waals surface area (Å²) in [5, 5.41) is 0. The number of likely N-dealkylation sites (tertiary alicyclic amines) is 1. The standard InChI is InChI=1S/C20H19N5O3/c1-28-19-13(6-4-10-22-19)15-12-17(26)24-18(23-15)16-8-5-11-25(16)20(27)14-7-2-3-9-21-14/h2-4,6-7,9-10,12,16H,5,8,11H2,1H3,(H,23,24,26). The van der Waals surface area contributed by atoms with Gasteiger partial charge in [-0.3, -0.25) is 14.6 Å². The number of methoxy groups -OCH3 is 1. The second kappa shape index (κ2) is 7.59. The maximum absolute atomic E-state index is 12.9. The molecule has 3 aromatic heterocycles. The SMILES string of the molecule is COc1ncccc1-c1cc(=O)[nH]c(C2CCCN2C(=O)c2ccccn2)n1. The number of nitrogens with zero attached hydrogens (tertiary/aromatic N) is 4. The van der Waals surface area contributed by atoms with Crippen molar-refractivity contribution in [2.75, 3.05) is 13.7 Å². The average Bonchev–Trinajstić information content (AvgIpc) is 3.23. The zero-order valence-corrected chi connectivity index (χ0v) is 15.3. The maximum atomic E-state index is 12.9. The lowest BCUT2D eigenvalue weighted by molar-refractivity contribution is 0.0723. The number of hydrogen-bond acceptors (Lipinski definition) is 6. The molecule has 1 unspecified atom stereocenters. The topological polar surface area (TPSA) is 101 Å². The average molecular weight is 377 g/mol. The molecule has 1 amide bonds. The molecular formula is C20H19N5O3. The normalized spacial score (nSPS) is 16.2. The number of pyridine rings is 2. The Labute approximate surface area is 161 Å². The van der Waals surface area contributed by atoms with E-state index in [0.717, 1.165) is 12.8 Å². The van der Waals surface area contributed by atoms with Crippen LogP contribution in [0.15, 0.2) is 53.6 Å². The van der Waals surface area contributed by atoms with Crippen LogP contribution in [-0.4, -0.2) is 44.4 Å². The van der Waals surface area contributed by atoms with E-state index < -0.39 is 0 Å². The van der Waals surface area contributed by atoms with Crippen LogP contribution in [0.1, 0.15) is 35.2 Å². The summed E-state index contributed by atoms with van der Waals surface area (Å²) in [6.45, 7) is 0.588. The number of hydrogen-bond donors (Lipinski definition) is 1. The molecule has 0 saturated carbocycles. The predicted molar refractivity (Wildman–Crippen MR) is 102 cm³/mol. The van der Waals surface area contributed by atoms with Gasteiger partial charge >= 0.3 is 0 Å². The zero-order chi connectivity index (χ0) is 19.5. The van der Waals surface area contributed by atoms with Crippen LogP contribution in [0.3, 0.4) is 0 Å². The van der Waals surface area contributed by atoms with Crippen LogP contribution < -0.4 is 10.3 Å². The first-order chi connectivity index (χ1) is 13.7. The summed E-state index contributed by atoms with van der Waals surface area (Å²) in [5.74, 6) is 0.671. The van der Waals surface area contributed by atoms with Crippen molar-refractivity contribution in [2.24, 2.45) is 0 Å². The van der Waals surface area contributed by atoms with Gasteiger partial charge in [-0.05, 0) is 37.1 Å². The van der Waals surface area contributed by atoms with E-state index in [1.54, 1.807) is 47.6 Å². The molecule has 0 radical (unpaired) electrons. The number of amides is 1. The Morgan fingerprint density at radius 3 is 2.86 bits per heavy atom. The van der Waals surface area contributed by atoms with Crippen molar-refractivity contribution in [3.8, 4) is 17.1 Å². The van der Waals surface area contributed by atoms with Crippen LogP contribution in [0.2, 0.25) is 0 Å². The van der Waals surface area contributed by atoms with Gasteiger partial charge in [-0.2, -0.15) is 0 Å². The lowest BCUT2D eigenvalue weighted by Gasteiger charge is -2.24. The summed E-state index contributed by atoms with van der Waals surface area (Å²) in [7, 11) is 1.52. The number of nitrogens with one attached hydrogen (secondary N) is 1. The van der Waals surface area contributed by atoms with Crippen LogP contribution >= 0.6 is 0 Å². The molecule has 1 fully saturated rings. The van der Waals surface area contributed by atoms with Gasteiger partial charge in [-0.15, -0.1) is 0 Å². The minimum atomic E-state index is -0.315. The number of rotatable bonds is 4. The fourth-order valence-corrected chi connectivity index (χ4v) is 3.45. The number of ether oxygens (including phenoxy) is 1. The molecule has 28 heavy (non-hydrogen) atoms. The molecule has 1 N–H and O–H groups in total. The first kappa shape index (κ1) is 17.8. The highest BCUT2D eigenvalue weighted by Crippen LogP contribution is 2.32. The van der Waals surface area contributed by atoms with Crippen molar-refractivity contribution in [2.45, 2.75) is 18.9 Å². The second-order valence-electron chi connectivity index (χ2n) is 6.45. The molecule has 0 spiro atoms. The summed E-state index contributed by atoms with van der Waals surface area (Å²) < 4.78 is 5.29. The third-order valence-electron chi connectivity index (χ3n) is 4.71. The van der Waals surface area contributed by atoms with Crippen molar-refractivity contribution in [3.63, 3.8) is 0 Å². The van der Waals surface area contributed by atoms with Crippen molar-refractivity contribution in [1.29, 1.82) is 0 Å². The van der Waals surface area contributed by atoms with Gasteiger partial charge in [0.25, 0.3) is 11.5 Å². The predicted octanol–water partition coefficient (Wildman–Crippen LogP) is 2.21.